The summed E-state index contributed by atoms with van der Waals surface area (Å²) in [4.78, 5) is 0. The van der Waals surface area contributed by atoms with E-state index in [0.717, 1.165) is 0 Å². The van der Waals surface area contributed by atoms with Crippen LogP contribution in [0.15, 0.2) is 18.2 Å². The summed E-state index contributed by atoms with van der Waals surface area (Å²) in [5, 5.41) is 3.22. The van der Waals surface area contributed by atoms with E-state index in [-0.39, 0.29) is 6.54 Å². The van der Waals surface area contributed by atoms with Crippen LogP contribution in [0, 0.1) is 0 Å². The first-order valence-electron chi connectivity index (χ1n) is 4.54. The Labute approximate surface area is 90.2 Å². The number of hydrogen-bond donors (Lipinski definition) is 1. The van der Waals surface area contributed by atoms with Gasteiger partial charge in [-0.05, 0) is 23.3 Å². The molecule has 1 heterocycles. The summed E-state index contributed by atoms with van der Waals surface area (Å²) >= 11 is 5.73. The van der Waals surface area contributed by atoms with Crippen molar-refractivity contribution in [2.75, 3.05) is 6.54 Å². The lowest BCUT2D eigenvalue weighted by molar-refractivity contribution is -0.150. The predicted octanol–water partition coefficient (Wildman–Crippen LogP) is 3.09. The second-order valence-corrected chi connectivity index (χ2v) is 4.00. The van der Waals surface area contributed by atoms with Gasteiger partial charge in [0.1, 0.15) is 0 Å². The van der Waals surface area contributed by atoms with E-state index in [4.69, 9.17) is 11.6 Å². The maximum Gasteiger partial charge on any atom is 0.396 e. The van der Waals surface area contributed by atoms with Gasteiger partial charge in [-0.1, -0.05) is 17.7 Å². The molecule has 1 nitrogen and oxygen atoms in total. The summed E-state index contributed by atoms with van der Waals surface area (Å²) in [5.41, 5.74) is 0.974. The molecule has 15 heavy (non-hydrogen) atoms. The molecule has 1 aliphatic heterocycles. The van der Waals surface area contributed by atoms with Crippen LogP contribution >= 0.6 is 11.6 Å². The van der Waals surface area contributed by atoms with Crippen LogP contribution in [-0.2, 0) is 6.54 Å². The average Bonchev–Trinajstić information content (AvgIpc) is 2.15. The quantitative estimate of drug-likeness (QED) is 0.729. The molecule has 0 amide bonds. The summed E-state index contributed by atoms with van der Waals surface area (Å²) in [6.07, 6.45) is -4.20. The number of fused-ring (bicyclic) bond motifs is 1. The molecule has 0 radical (unpaired) electrons. The van der Waals surface area contributed by atoms with Crippen molar-refractivity contribution >= 4 is 11.6 Å². The standard InChI is InChI=1S/C10H9ClF3N/c11-7-1-2-8-6(3-7)4-15-5-9(8)10(12,13)14/h1-3,9,15H,4-5H2. The first kappa shape index (κ1) is 10.8. The van der Waals surface area contributed by atoms with Gasteiger partial charge in [0, 0.05) is 18.1 Å². The molecular formula is C10H9ClF3N. The highest BCUT2D eigenvalue weighted by atomic mass is 35.5. The van der Waals surface area contributed by atoms with Gasteiger partial charge in [-0.2, -0.15) is 13.2 Å². The maximum absolute atomic E-state index is 12.6. The molecule has 0 saturated heterocycles. The molecule has 2 rings (SSSR count). The average molecular weight is 236 g/mol. The lowest BCUT2D eigenvalue weighted by Gasteiger charge is -2.28. The fraction of sp³-hybridized carbons (Fsp3) is 0.400. The van der Waals surface area contributed by atoms with Crippen LogP contribution in [0.5, 0.6) is 0 Å². The summed E-state index contributed by atoms with van der Waals surface area (Å²) in [6.45, 7) is 0.389. The number of nitrogens with one attached hydrogen (secondary N) is 1. The zero-order valence-electron chi connectivity index (χ0n) is 7.74. The van der Waals surface area contributed by atoms with E-state index in [0.29, 0.717) is 22.7 Å². The third-order valence-corrected chi connectivity index (χ3v) is 2.77. The summed E-state index contributed by atoms with van der Waals surface area (Å²) in [5.74, 6) is -1.42. The first-order chi connectivity index (χ1) is 6.98. The Balaban J connectivity index is 2.43. The minimum atomic E-state index is -4.20. The van der Waals surface area contributed by atoms with Crippen molar-refractivity contribution in [1.29, 1.82) is 0 Å². The van der Waals surface area contributed by atoms with Gasteiger partial charge in [-0.25, -0.2) is 0 Å². The topological polar surface area (TPSA) is 12.0 Å². The van der Waals surface area contributed by atoms with Crippen molar-refractivity contribution in [2.24, 2.45) is 0 Å². The van der Waals surface area contributed by atoms with Gasteiger partial charge < -0.3 is 5.32 Å². The minimum Gasteiger partial charge on any atom is -0.312 e. The summed E-state index contributed by atoms with van der Waals surface area (Å²) in [6, 6.07) is 4.56. The molecule has 1 atom stereocenters. The van der Waals surface area contributed by atoms with Crippen molar-refractivity contribution < 1.29 is 13.2 Å². The zero-order chi connectivity index (χ0) is 11.1. The third kappa shape index (κ3) is 2.11. The molecule has 82 valence electrons. The SMILES string of the molecule is FC(F)(F)C1CNCc2cc(Cl)ccc21. The molecule has 0 bridgehead atoms. The maximum atomic E-state index is 12.6. The highest BCUT2D eigenvalue weighted by Crippen LogP contribution is 2.38. The Morgan fingerprint density at radius 1 is 1.33 bits per heavy atom. The fourth-order valence-electron chi connectivity index (χ4n) is 1.82. The molecule has 1 aromatic rings. The molecule has 0 saturated carbocycles. The van der Waals surface area contributed by atoms with Gasteiger partial charge in [0.2, 0.25) is 0 Å². The minimum absolute atomic E-state index is 0.0574. The van der Waals surface area contributed by atoms with Crippen LogP contribution in [0.4, 0.5) is 13.2 Å². The molecule has 0 aromatic heterocycles. The Morgan fingerprint density at radius 3 is 2.73 bits per heavy atom. The molecule has 5 heteroatoms. The highest BCUT2D eigenvalue weighted by molar-refractivity contribution is 6.30. The Kier molecular flexibility index (Phi) is 2.64. The Morgan fingerprint density at radius 2 is 2.07 bits per heavy atom. The van der Waals surface area contributed by atoms with Crippen LogP contribution in [0.3, 0.4) is 0 Å². The summed E-state index contributed by atoms with van der Waals surface area (Å²) < 4.78 is 37.9. The van der Waals surface area contributed by atoms with Crippen molar-refractivity contribution in [3.8, 4) is 0 Å². The monoisotopic (exact) mass is 235 g/mol. The number of rotatable bonds is 0. The number of hydrogen-bond acceptors (Lipinski definition) is 1. The van der Waals surface area contributed by atoms with Gasteiger partial charge in [-0.15, -0.1) is 0 Å². The third-order valence-electron chi connectivity index (χ3n) is 2.54. The molecular weight excluding hydrogens is 227 g/mol. The molecule has 1 unspecified atom stereocenters. The molecule has 0 fully saturated rings. The smallest absolute Gasteiger partial charge is 0.312 e. The lowest BCUT2D eigenvalue weighted by Crippen LogP contribution is -2.36. The van der Waals surface area contributed by atoms with Crippen molar-refractivity contribution in [1.82, 2.24) is 5.32 Å². The number of alkyl halides is 3. The van der Waals surface area contributed by atoms with E-state index < -0.39 is 12.1 Å². The van der Waals surface area contributed by atoms with Gasteiger partial charge in [-0.3, -0.25) is 0 Å². The van der Waals surface area contributed by atoms with E-state index >= 15 is 0 Å². The number of benzene rings is 1. The second-order valence-electron chi connectivity index (χ2n) is 3.57. The zero-order valence-corrected chi connectivity index (χ0v) is 8.49. The fourth-order valence-corrected chi connectivity index (χ4v) is 2.02. The largest absolute Gasteiger partial charge is 0.396 e. The van der Waals surface area contributed by atoms with Crippen molar-refractivity contribution in [2.45, 2.75) is 18.6 Å². The van der Waals surface area contributed by atoms with E-state index in [2.05, 4.69) is 5.32 Å². The summed E-state index contributed by atoms with van der Waals surface area (Å²) in [7, 11) is 0. The normalized spacial score (nSPS) is 21.2. The van der Waals surface area contributed by atoms with E-state index in [1.165, 1.54) is 12.1 Å². The van der Waals surface area contributed by atoms with E-state index in [9.17, 15) is 13.2 Å². The first-order valence-corrected chi connectivity index (χ1v) is 4.92. The van der Waals surface area contributed by atoms with Crippen molar-refractivity contribution in [3.05, 3.63) is 34.3 Å². The molecule has 1 aliphatic rings. The predicted molar refractivity (Wildman–Crippen MR) is 52.0 cm³/mol. The van der Waals surface area contributed by atoms with Crippen LogP contribution in [0.2, 0.25) is 5.02 Å². The highest BCUT2D eigenvalue weighted by Gasteiger charge is 2.42. The van der Waals surface area contributed by atoms with Crippen LogP contribution in [-0.4, -0.2) is 12.7 Å². The van der Waals surface area contributed by atoms with Gasteiger partial charge in [0.25, 0.3) is 0 Å². The van der Waals surface area contributed by atoms with Crippen LogP contribution in [0.1, 0.15) is 17.0 Å². The Bertz CT molecular complexity index is 375. The second kappa shape index (κ2) is 3.68. The molecule has 0 aliphatic carbocycles. The van der Waals surface area contributed by atoms with E-state index in [1.54, 1.807) is 6.07 Å². The van der Waals surface area contributed by atoms with Crippen LogP contribution in [0.25, 0.3) is 0 Å². The molecule has 1 aromatic carbocycles. The van der Waals surface area contributed by atoms with Crippen LogP contribution < -0.4 is 5.32 Å². The van der Waals surface area contributed by atoms with Gasteiger partial charge >= 0.3 is 6.18 Å². The Hall–Kier alpha value is -0.740. The van der Waals surface area contributed by atoms with E-state index in [1.807, 2.05) is 0 Å². The van der Waals surface area contributed by atoms with Gasteiger partial charge in [0.15, 0.2) is 0 Å². The number of halogens is 4. The van der Waals surface area contributed by atoms with Crippen molar-refractivity contribution in [3.63, 3.8) is 0 Å². The lowest BCUT2D eigenvalue weighted by atomic mass is 9.90. The molecule has 1 N–H and O–H groups in total. The van der Waals surface area contributed by atoms with Gasteiger partial charge in [0.05, 0.1) is 5.92 Å². The molecule has 0 spiro atoms.